The first-order valence-corrected chi connectivity index (χ1v) is 39.7. The molecule has 0 radical (unpaired) electrons. The molecule has 0 saturated heterocycles. The van der Waals surface area contributed by atoms with Gasteiger partial charge in [-0.15, -0.1) is 0 Å². The molecule has 0 fully saturated rings. The number of unbranched alkanes of at least 4 members (excludes halogenated alkanes) is 8. The molecule has 3 aromatic heterocycles. The number of ether oxygens (including phenoxy) is 2. The third kappa shape index (κ3) is 30.8. The molecule has 39 heteroatoms. The number of aromatic nitrogens is 6. The van der Waals surface area contributed by atoms with Crippen molar-refractivity contribution in [1.29, 1.82) is 0 Å². The first-order valence-electron chi connectivity index (χ1n) is 39.7. The molecule has 6 rings (SSSR count). The summed E-state index contributed by atoms with van der Waals surface area (Å²) in [7, 11) is 1.18. The Morgan fingerprint density at radius 1 is 0.339 bits per heavy atom. The molecule has 0 saturated carbocycles. The Morgan fingerprint density at radius 2 is 0.591 bits per heavy atom. The quantitative estimate of drug-likeness (QED) is 0.0185. The molecule has 3 heterocycles. The number of nitrogens with zero attached hydrogens (tertiary/aromatic N) is 3. The fourth-order valence-corrected chi connectivity index (χ4v) is 13.0. The largest absolute Gasteiger partial charge is 0.464 e. The minimum atomic E-state index is -1.32. The maximum atomic E-state index is 14.8. The van der Waals surface area contributed by atoms with Crippen molar-refractivity contribution in [3.05, 3.63) is 94.9 Å². The Hall–Kier alpha value is -10.8. The molecule has 30 N–H and O–H groups in total. The number of methoxy groups -OCH3 is 1. The summed E-state index contributed by atoms with van der Waals surface area (Å²) in [5.74, 6) is -8.66. The molecule has 11 amide bonds. The van der Waals surface area contributed by atoms with Gasteiger partial charge in [0.15, 0.2) is 17.5 Å². The highest BCUT2D eigenvalue weighted by Crippen LogP contribution is 2.44. The second kappa shape index (κ2) is 51.1. The van der Waals surface area contributed by atoms with Crippen LogP contribution in [0.2, 0.25) is 0 Å². The molecule has 632 valence electrons. The van der Waals surface area contributed by atoms with Crippen LogP contribution in [0.3, 0.4) is 0 Å². The number of aromatic amines is 3. The zero-order chi connectivity index (χ0) is 83.4. The molecule has 2 aromatic carbocycles. The Bertz CT molecular complexity index is 3880. The summed E-state index contributed by atoms with van der Waals surface area (Å²) in [6, 6.07) is 9.26. The van der Waals surface area contributed by atoms with Crippen molar-refractivity contribution in [3.63, 3.8) is 0 Å². The first kappa shape index (κ1) is 93.1. The van der Waals surface area contributed by atoms with Gasteiger partial charge in [-0.1, -0.05) is 48.5 Å². The number of nitrogens with one attached hydrogen (secondary N) is 14. The van der Waals surface area contributed by atoms with Gasteiger partial charge in [0.1, 0.15) is 72.0 Å². The van der Waals surface area contributed by atoms with Crippen LogP contribution in [-0.2, 0) is 47.8 Å². The van der Waals surface area contributed by atoms with Crippen molar-refractivity contribution in [2.45, 2.75) is 208 Å². The van der Waals surface area contributed by atoms with E-state index in [4.69, 9.17) is 50.6 Å². The third-order valence-electron chi connectivity index (χ3n) is 19.3. The number of hydrogen-bond donors (Lipinski definition) is 22. The maximum Gasteiger partial charge on any atom is 0.407 e. The zero-order valence-electron chi connectivity index (χ0n) is 65.6. The van der Waals surface area contributed by atoms with Gasteiger partial charge >= 0.3 is 12.1 Å². The van der Waals surface area contributed by atoms with E-state index >= 15 is 0 Å². The maximum absolute atomic E-state index is 14.8. The lowest BCUT2D eigenvalue weighted by molar-refractivity contribution is -0.136. The van der Waals surface area contributed by atoms with Gasteiger partial charge in [0.2, 0.25) is 47.3 Å². The molecule has 5 aromatic rings. The highest BCUT2D eigenvalue weighted by atomic mass is 16.5. The summed E-state index contributed by atoms with van der Waals surface area (Å²) in [5.41, 5.74) is 50.9. The second-order valence-corrected chi connectivity index (χ2v) is 28.1. The number of alkyl carbamates (subject to hydrolysis) is 1. The minimum absolute atomic E-state index is 0.00208. The predicted molar refractivity (Wildman–Crippen MR) is 430 cm³/mol. The Balaban J connectivity index is 1.14. The smallest absolute Gasteiger partial charge is 0.407 e. The SMILES string of the molecule is COC(=O)c1cc(NC(=O)c2cc(NC(=O)c3cc(NC(=O)[C@H](CCCCN)NC(=O)[C@H](CCCCN)NC(=O)[C@H](CCCCN)NC(=O)[C@H](CCCCN)NC(=O)[C@H](CCCCN)NC(=O)[C@H](CCCCN)NC(=O)[C@H](CCCCN)NC(=O)[C@H](CCCCN)NC(=O)OCC4c5ccccc5-c5ccccc54)n[nH]3)n[nH]2)n[nH]1. The van der Waals surface area contributed by atoms with Gasteiger partial charge < -0.3 is 114 Å². The lowest BCUT2D eigenvalue weighted by Gasteiger charge is -2.28. The van der Waals surface area contributed by atoms with Gasteiger partial charge in [0.05, 0.1) is 7.11 Å². The molecule has 115 heavy (non-hydrogen) atoms. The fraction of sp³-hybridized carbons (Fsp3) is 0.566. The minimum Gasteiger partial charge on any atom is -0.464 e. The highest BCUT2D eigenvalue weighted by molar-refractivity contribution is 6.07. The highest BCUT2D eigenvalue weighted by Gasteiger charge is 2.37. The zero-order valence-corrected chi connectivity index (χ0v) is 65.6. The Kier molecular flexibility index (Phi) is 41.4. The number of carbonyl (C=O) groups is 12. The van der Waals surface area contributed by atoms with Crippen molar-refractivity contribution in [2.24, 2.45) is 45.9 Å². The van der Waals surface area contributed by atoms with Crippen molar-refractivity contribution in [1.82, 2.24) is 73.1 Å². The van der Waals surface area contributed by atoms with Crippen LogP contribution in [0, 0.1) is 0 Å². The normalized spacial score (nSPS) is 13.6. The van der Waals surface area contributed by atoms with Crippen LogP contribution in [0.1, 0.15) is 203 Å². The van der Waals surface area contributed by atoms with E-state index < -0.39 is 119 Å². The third-order valence-corrected chi connectivity index (χ3v) is 19.3. The molecular weight excluding hydrogens is 1490 g/mol. The monoisotopic (exact) mass is 1610 g/mol. The number of anilines is 3. The van der Waals surface area contributed by atoms with Gasteiger partial charge in [-0.05, 0) is 229 Å². The number of benzene rings is 2. The predicted octanol–water partition coefficient (Wildman–Crippen LogP) is 0.418. The van der Waals surface area contributed by atoms with Gasteiger partial charge in [-0.2, -0.15) is 15.3 Å². The van der Waals surface area contributed by atoms with Crippen LogP contribution >= 0.6 is 0 Å². The van der Waals surface area contributed by atoms with E-state index in [1.165, 1.54) is 25.3 Å². The van der Waals surface area contributed by atoms with E-state index in [0.717, 1.165) is 22.3 Å². The average Bonchev–Trinajstić information content (AvgIpc) is 1.61. The summed E-state index contributed by atoms with van der Waals surface area (Å²) >= 11 is 0. The summed E-state index contributed by atoms with van der Waals surface area (Å²) in [6.07, 6.45) is 6.21. The van der Waals surface area contributed by atoms with Crippen molar-refractivity contribution in [2.75, 3.05) is 82.0 Å². The van der Waals surface area contributed by atoms with Crippen molar-refractivity contribution < 1.29 is 67.0 Å². The summed E-state index contributed by atoms with van der Waals surface area (Å²) in [5, 5.41) is 49.2. The first-order chi connectivity index (χ1) is 55.6. The van der Waals surface area contributed by atoms with Crippen molar-refractivity contribution in [3.8, 4) is 11.1 Å². The number of fused-ring (bicyclic) bond motifs is 3. The molecule has 39 nitrogen and oxygen atoms in total. The fourth-order valence-electron chi connectivity index (χ4n) is 13.0. The number of rotatable bonds is 56. The number of esters is 1. The van der Waals surface area contributed by atoms with Crippen LogP contribution in [0.5, 0.6) is 0 Å². The van der Waals surface area contributed by atoms with E-state index in [9.17, 15) is 57.5 Å². The molecule has 0 unspecified atom stereocenters. The van der Waals surface area contributed by atoms with Crippen LogP contribution in [0.15, 0.2) is 66.7 Å². The molecule has 8 atom stereocenters. The summed E-state index contributed by atoms with van der Waals surface area (Å²) in [6.45, 7) is 2.05. The average molecular weight is 1610 g/mol. The summed E-state index contributed by atoms with van der Waals surface area (Å²) < 4.78 is 10.5. The molecular formula is C76H119N25O14. The number of amides is 11. The molecule has 0 aliphatic heterocycles. The van der Waals surface area contributed by atoms with Gasteiger partial charge in [0, 0.05) is 24.1 Å². The van der Waals surface area contributed by atoms with Crippen LogP contribution in [0.4, 0.5) is 22.2 Å². The van der Waals surface area contributed by atoms with E-state index in [2.05, 4.69) is 93.8 Å². The van der Waals surface area contributed by atoms with Crippen LogP contribution < -0.4 is 104 Å². The lowest BCUT2D eigenvalue weighted by Crippen LogP contribution is -2.60. The number of carbonyl (C=O) groups excluding carboxylic acids is 12. The number of nitrogens with two attached hydrogens (primary N) is 8. The Morgan fingerprint density at radius 3 is 0.878 bits per heavy atom. The summed E-state index contributed by atoms with van der Waals surface area (Å²) in [4.78, 5) is 169. The van der Waals surface area contributed by atoms with E-state index in [1.807, 2.05) is 48.5 Å². The molecule has 1 aliphatic rings. The molecule has 0 bridgehead atoms. The topological polar surface area (TPSA) is 650 Å². The van der Waals surface area contributed by atoms with Gasteiger partial charge in [-0.3, -0.25) is 63.2 Å². The second-order valence-electron chi connectivity index (χ2n) is 28.1. The Labute approximate surface area is 668 Å². The van der Waals surface area contributed by atoms with Crippen LogP contribution in [-0.4, -0.2) is 216 Å². The van der Waals surface area contributed by atoms with E-state index in [0.29, 0.717) is 109 Å². The van der Waals surface area contributed by atoms with Crippen LogP contribution in [0.25, 0.3) is 11.1 Å². The molecule has 0 spiro atoms. The van der Waals surface area contributed by atoms with Gasteiger partial charge in [0.25, 0.3) is 11.8 Å². The molecule has 1 aliphatic carbocycles. The lowest BCUT2D eigenvalue weighted by atomic mass is 9.98. The standard InChI is InChI=1S/C76H119N25O14/c1-114-75(112)61-44-64(101-98-61)95-74(111)60-43-63(100-97-60)94-73(110)59-42-62(99-96-59)93-72(109)57(32-12-20-40-83)91-70(107)55(30-10-18-38-81)89-68(105)53(28-8-16-36-79)87-66(103)51(26-6-14-34-77)85-65(102)52(27-7-15-35-78)86-67(104)54(29-9-17-37-80)88-69(106)56(31-11-19-39-82)90-71(108)58(33-13-21-41-84)92-76(113)115-45-50-48-24-4-2-22-46(48)47-23-3-5-25-49(47)50/h2-5,22-25,42-44,50-58H,6-21,26-41,45,77-84H2,1H3,(H,85,102)(H,86,104)(H,87,103)(H,88,106)(H,89,105)(H,90,108)(H,91,107)(H,92,113)(H2,93,96,99,109)(H2,94,97,100,110)(H2,95,98,101,111)/t51-,52-,53-,54-,55-,56-,57-,58-/m0/s1. The van der Waals surface area contributed by atoms with Crippen molar-refractivity contribution >= 4 is 88.6 Å². The van der Waals surface area contributed by atoms with Gasteiger partial charge in [-0.25, -0.2) is 9.59 Å². The number of hydrogen-bond acceptors (Lipinski definition) is 25. The van der Waals surface area contributed by atoms with E-state index in [1.54, 1.807) is 0 Å². The van der Waals surface area contributed by atoms with E-state index in [-0.39, 0.29) is 144 Å². The number of H-pyrrole nitrogens is 3.